The molecule has 1 saturated heterocycles. The van der Waals surface area contributed by atoms with E-state index in [9.17, 15) is 4.79 Å². The first-order valence-corrected chi connectivity index (χ1v) is 8.62. The highest BCUT2D eigenvalue weighted by Gasteiger charge is 2.36. The number of rotatable bonds is 7. The van der Waals surface area contributed by atoms with Gasteiger partial charge in [-0.1, -0.05) is 41.0 Å². The lowest BCUT2D eigenvalue weighted by molar-refractivity contribution is -0.159. The molecule has 0 aliphatic carbocycles. The van der Waals surface area contributed by atoms with Gasteiger partial charge >= 0.3 is 5.97 Å². The van der Waals surface area contributed by atoms with Crippen molar-refractivity contribution in [1.82, 2.24) is 4.90 Å². The highest BCUT2D eigenvalue weighted by atomic mass is 16.5. The molecule has 1 aliphatic heterocycles. The van der Waals surface area contributed by atoms with Crippen LogP contribution in [0.3, 0.4) is 0 Å². The van der Waals surface area contributed by atoms with Gasteiger partial charge in [-0.3, -0.25) is 9.69 Å². The SMILES string of the molecule is CCC(CC)OC(=O)[C@H](C(C)CC)N1CC(C)C[C@@H](N)C1. The Kier molecular flexibility index (Phi) is 7.67. The summed E-state index contributed by atoms with van der Waals surface area (Å²) in [5.74, 6) is 0.782. The van der Waals surface area contributed by atoms with Crippen LogP contribution in [0.4, 0.5) is 0 Å². The van der Waals surface area contributed by atoms with Crippen molar-refractivity contribution in [3.8, 4) is 0 Å². The van der Waals surface area contributed by atoms with Gasteiger partial charge in [0.15, 0.2) is 0 Å². The van der Waals surface area contributed by atoms with Gasteiger partial charge in [-0.15, -0.1) is 0 Å². The predicted molar refractivity (Wildman–Crippen MR) is 87.0 cm³/mol. The number of ether oxygens (including phenoxy) is 1. The topological polar surface area (TPSA) is 55.6 Å². The average Bonchev–Trinajstić information content (AvgIpc) is 2.43. The fraction of sp³-hybridized carbons (Fsp3) is 0.941. The number of piperidine rings is 1. The summed E-state index contributed by atoms with van der Waals surface area (Å²) in [6.07, 6.45) is 3.82. The number of carbonyl (C=O) groups excluding carboxylic acids is 1. The van der Waals surface area contributed by atoms with E-state index in [0.717, 1.165) is 38.8 Å². The van der Waals surface area contributed by atoms with Gasteiger partial charge in [-0.25, -0.2) is 0 Å². The second kappa shape index (κ2) is 8.74. The maximum atomic E-state index is 12.7. The molecule has 1 heterocycles. The molecule has 0 spiro atoms. The molecule has 124 valence electrons. The van der Waals surface area contributed by atoms with Crippen molar-refractivity contribution in [1.29, 1.82) is 0 Å². The largest absolute Gasteiger partial charge is 0.461 e. The van der Waals surface area contributed by atoms with Crippen molar-refractivity contribution in [3.63, 3.8) is 0 Å². The van der Waals surface area contributed by atoms with Crippen molar-refractivity contribution >= 4 is 5.97 Å². The molecule has 0 amide bonds. The van der Waals surface area contributed by atoms with Crippen molar-refractivity contribution < 1.29 is 9.53 Å². The number of nitrogens with two attached hydrogens (primary N) is 1. The number of nitrogens with zero attached hydrogens (tertiary/aromatic N) is 1. The minimum Gasteiger partial charge on any atom is -0.461 e. The molecular weight excluding hydrogens is 264 g/mol. The predicted octanol–water partition coefficient (Wildman–Crippen LogP) is 2.80. The number of hydrogen-bond acceptors (Lipinski definition) is 4. The van der Waals surface area contributed by atoms with Crippen LogP contribution in [-0.4, -0.2) is 42.1 Å². The Balaban J connectivity index is 2.81. The fourth-order valence-electron chi connectivity index (χ4n) is 3.32. The Morgan fingerprint density at radius 1 is 1.24 bits per heavy atom. The van der Waals surface area contributed by atoms with Crippen LogP contribution < -0.4 is 5.73 Å². The summed E-state index contributed by atoms with van der Waals surface area (Å²) in [5, 5.41) is 0. The van der Waals surface area contributed by atoms with E-state index in [1.54, 1.807) is 0 Å². The van der Waals surface area contributed by atoms with Gasteiger partial charge < -0.3 is 10.5 Å². The lowest BCUT2D eigenvalue weighted by Gasteiger charge is -2.41. The monoisotopic (exact) mass is 298 g/mol. The Hall–Kier alpha value is -0.610. The molecular formula is C17H34N2O2. The fourth-order valence-corrected chi connectivity index (χ4v) is 3.32. The average molecular weight is 298 g/mol. The van der Waals surface area contributed by atoms with Gasteiger partial charge in [0.25, 0.3) is 0 Å². The van der Waals surface area contributed by atoms with Crippen LogP contribution >= 0.6 is 0 Å². The smallest absolute Gasteiger partial charge is 0.323 e. The summed E-state index contributed by atoms with van der Waals surface area (Å²) in [5.41, 5.74) is 6.15. The van der Waals surface area contributed by atoms with Gasteiger partial charge in [-0.05, 0) is 31.1 Å². The van der Waals surface area contributed by atoms with E-state index in [1.165, 1.54) is 0 Å². The van der Waals surface area contributed by atoms with E-state index in [1.807, 2.05) is 0 Å². The quantitative estimate of drug-likeness (QED) is 0.734. The van der Waals surface area contributed by atoms with Crippen molar-refractivity contribution in [3.05, 3.63) is 0 Å². The molecule has 2 unspecified atom stereocenters. The van der Waals surface area contributed by atoms with Gasteiger partial charge in [0, 0.05) is 19.1 Å². The van der Waals surface area contributed by atoms with Crippen LogP contribution in [0.1, 0.15) is 60.3 Å². The third kappa shape index (κ3) is 5.26. The first-order valence-electron chi connectivity index (χ1n) is 8.62. The molecule has 0 aromatic rings. The summed E-state index contributed by atoms with van der Waals surface area (Å²) in [6.45, 7) is 12.4. The Morgan fingerprint density at radius 2 is 1.86 bits per heavy atom. The van der Waals surface area contributed by atoms with E-state index in [0.29, 0.717) is 11.8 Å². The zero-order chi connectivity index (χ0) is 16.0. The van der Waals surface area contributed by atoms with Crippen LogP contribution in [-0.2, 0) is 9.53 Å². The number of likely N-dealkylation sites (tertiary alicyclic amines) is 1. The molecule has 0 radical (unpaired) electrons. The molecule has 4 atom stereocenters. The Bertz CT molecular complexity index is 308. The summed E-state index contributed by atoms with van der Waals surface area (Å²) in [7, 11) is 0. The van der Waals surface area contributed by atoms with Crippen LogP contribution in [0.2, 0.25) is 0 Å². The standard InChI is InChI=1S/C17H34N2O2/c1-6-13(5)16(17(20)21-15(7-2)8-3)19-10-12(4)9-14(18)11-19/h12-16H,6-11,18H2,1-5H3/t12?,13?,14-,16+/m1/s1. The first kappa shape index (κ1) is 18.4. The highest BCUT2D eigenvalue weighted by molar-refractivity contribution is 5.76. The number of esters is 1. The zero-order valence-corrected chi connectivity index (χ0v) is 14.5. The summed E-state index contributed by atoms with van der Waals surface area (Å²) in [4.78, 5) is 14.9. The molecule has 0 bridgehead atoms. The van der Waals surface area contributed by atoms with Gasteiger partial charge in [-0.2, -0.15) is 0 Å². The molecule has 4 heteroatoms. The maximum Gasteiger partial charge on any atom is 0.323 e. The summed E-state index contributed by atoms with van der Waals surface area (Å²) < 4.78 is 5.74. The Labute approximate surface area is 130 Å². The molecule has 0 aromatic heterocycles. The van der Waals surface area contributed by atoms with E-state index >= 15 is 0 Å². The van der Waals surface area contributed by atoms with Gasteiger partial charge in [0.2, 0.25) is 0 Å². The Morgan fingerprint density at radius 3 is 2.33 bits per heavy atom. The molecule has 1 fully saturated rings. The van der Waals surface area contributed by atoms with Gasteiger partial charge in [0.05, 0.1) is 0 Å². The van der Waals surface area contributed by atoms with E-state index in [2.05, 4.69) is 39.5 Å². The maximum absolute atomic E-state index is 12.7. The number of carbonyl (C=O) groups is 1. The van der Waals surface area contributed by atoms with Crippen LogP contribution in [0.25, 0.3) is 0 Å². The second-order valence-electron chi connectivity index (χ2n) is 6.76. The van der Waals surface area contributed by atoms with E-state index < -0.39 is 0 Å². The summed E-state index contributed by atoms with van der Waals surface area (Å²) in [6, 6.07) is 0.0191. The minimum atomic E-state index is -0.149. The van der Waals surface area contributed by atoms with E-state index in [4.69, 9.17) is 10.5 Å². The zero-order valence-electron chi connectivity index (χ0n) is 14.5. The lowest BCUT2D eigenvalue weighted by atomic mass is 9.90. The van der Waals surface area contributed by atoms with Crippen molar-refractivity contribution in [2.75, 3.05) is 13.1 Å². The van der Waals surface area contributed by atoms with Crippen molar-refractivity contribution in [2.24, 2.45) is 17.6 Å². The third-order valence-electron chi connectivity index (χ3n) is 4.73. The molecule has 1 rings (SSSR count). The molecule has 0 saturated carbocycles. The molecule has 21 heavy (non-hydrogen) atoms. The molecule has 2 N–H and O–H groups in total. The number of hydrogen-bond donors (Lipinski definition) is 1. The van der Waals surface area contributed by atoms with Gasteiger partial charge in [0.1, 0.15) is 12.1 Å². The lowest BCUT2D eigenvalue weighted by Crippen LogP contribution is -2.55. The van der Waals surface area contributed by atoms with E-state index in [-0.39, 0.29) is 24.2 Å². The van der Waals surface area contributed by atoms with Crippen LogP contribution in [0, 0.1) is 11.8 Å². The van der Waals surface area contributed by atoms with Crippen LogP contribution in [0.15, 0.2) is 0 Å². The van der Waals surface area contributed by atoms with Crippen LogP contribution in [0.5, 0.6) is 0 Å². The minimum absolute atomic E-state index is 0.0416. The van der Waals surface area contributed by atoms with Crippen molar-refractivity contribution in [2.45, 2.75) is 78.5 Å². The molecule has 4 nitrogen and oxygen atoms in total. The first-order chi connectivity index (χ1) is 9.92. The highest BCUT2D eigenvalue weighted by Crippen LogP contribution is 2.24. The molecule has 0 aromatic carbocycles. The third-order valence-corrected chi connectivity index (χ3v) is 4.73. The second-order valence-corrected chi connectivity index (χ2v) is 6.76. The summed E-state index contributed by atoms with van der Waals surface area (Å²) >= 11 is 0. The molecule has 1 aliphatic rings. The normalized spacial score (nSPS) is 26.6.